The number of nitrogens with zero attached hydrogens (tertiary/aromatic N) is 4. The predicted molar refractivity (Wildman–Crippen MR) is 92.0 cm³/mol. The van der Waals surface area contributed by atoms with Gasteiger partial charge in [-0.2, -0.15) is 41.3 Å². The van der Waals surface area contributed by atoms with Gasteiger partial charge < -0.3 is 10.1 Å². The normalized spacial score (nSPS) is 12.4. The van der Waals surface area contributed by atoms with E-state index in [1.165, 1.54) is 11.6 Å². The highest BCUT2D eigenvalue weighted by molar-refractivity contribution is 7.92. The fourth-order valence-corrected chi connectivity index (χ4v) is 4.21. The number of nitrogens with one attached hydrogen (secondary N) is 3. The largest absolute Gasteiger partial charge is 0.467 e. The minimum Gasteiger partial charge on any atom is -0.467 e. The van der Waals surface area contributed by atoms with Crippen LogP contribution >= 0.6 is 11.3 Å². The number of aromatic nitrogens is 4. The van der Waals surface area contributed by atoms with E-state index in [2.05, 4.69) is 30.0 Å². The molecule has 0 spiro atoms. The molecule has 0 aliphatic heterocycles. The Bertz CT molecular complexity index is 1070. The highest BCUT2D eigenvalue weighted by atomic mass is 32.2. The number of rotatable bonds is 6. The lowest BCUT2D eigenvalue weighted by atomic mass is 10.5. The molecule has 11 nitrogen and oxygen atoms in total. The fourth-order valence-electron chi connectivity index (χ4n) is 1.82. The molecular weight excluding hydrogens is 484 g/mol. The molecule has 0 radical (unpaired) electrons. The molecule has 2 aromatic heterocycles. The second kappa shape index (κ2) is 8.65. The van der Waals surface area contributed by atoms with Crippen LogP contribution in [0.2, 0.25) is 0 Å². The number of carbonyl (C=O) groups excluding carboxylic acids is 1. The number of alkyl halides is 6. The minimum atomic E-state index is -5.17. The smallest absolute Gasteiger partial charge is 0.451 e. The number of thiazole rings is 1. The van der Waals surface area contributed by atoms with Crippen LogP contribution < -0.4 is 20.1 Å². The average molecular weight is 495 g/mol. The predicted octanol–water partition coefficient (Wildman–Crippen LogP) is 2.32. The summed E-state index contributed by atoms with van der Waals surface area (Å²) < 4.78 is 107. The van der Waals surface area contributed by atoms with Gasteiger partial charge in [0.15, 0.2) is 15.0 Å². The Morgan fingerprint density at radius 1 is 1.06 bits per heavy atom. The zero-order valence-corrected chi connectivity index (χ0v) is 16.8. The number of hydrogen-bond donors (Lipinski definition) is 3. The lowest BCUT2D eigenvalue weighted by molar-refractivity contribution is -0.145. The molecular formula is C12H11F6N7O4S2. The van der Waals surface area contributed by atoms with Crippen LogP contribution in [-0.4, -0.2) is 48.0 Å². The molecule has 31 heavy (non-hydrogen) atoms. The number of anilines is 2. The van der Waals surface area contributed by atoms with E-state index in [0.717, 1.165) is 7.11 Å². The van der Waals surface area contributed by atoms with E-state index >= 15 is 0 Å². The Balaban J connectivity index is 2.32. The number of sulfonamides is 1. The van der Waals surface area contributed by atoms with E-state index in [4.69, 9.17) is 0 Å². The molecule has 3 N–H and O–H groups in total. The molecule has 19 heteroatoms. The summed E-state index contributed by atoms with van der Waals surface area (Å²) in [4.78, 5) is 24.1. The van der Waals surface area contributed by atoms with Crippen molar-refractivity contribution in [3.05, 3.63) is 11.5 Å². The molecule has 2 amide bonds. The molecule has 0 saturated carbocycles. The SMILES string of the molecule is CCNc1nc(C(F)(F)F)c(S(=O)(=O)NC(=O)Nc2nc(OC)nc(C(F)(F)F)n2)s1. The maximum Gasteiger partial charge on any atom is 0.451 e. The van der Waals surface area contributed by atoms with Gasteiger partial charge in [-0.3, -0.25) is 5.32 Å². The highest BCUT2D eigenvalue weighted by Crippen LogP contribution is 2.38. The van der Waals surface area contributed by atoms with Gasteiger partial charge in [0.05, 0.1) is 7.11 Å². The van der Waals surface area contributed by atoms with Crippen molar-refractivity contribution >= 4 is 38.5 Å². The summed E-state index contributed by atoms with van der Waals surface area (Å²) in [6.07, 6.45) is -10.2. The van der Waals surface area contributed by atoms with Gasteiger partial charge in [-0.15, -0.1) is 0 Å². The van der Waals surface area contributed by atoms with Gasteiger partial charge in [-0.25, -0.2) is 22.9 Å². The second-order valence-electron chi connectivity index (χ2n) is 5.21. The van der Waals surface area contributed by atoms with Gasteiger partial charge in [0.2, 0.25) is 11.8 Å². The van der Waals surface area contributed by atoms with Gasteiger partial charge >= 0.3 is 24.4 Å². The van der Waals surface area contributed by atoms with E-state index in [9.17, 15) is 39.6 Å². The number of halogens is 6. The zero-order valence-electron chi connectivity index (χ0n) is 15.2. The van der Waals surface area contributed by atoms with Crippen molar-refractivity contribution in [2.75, 3.05) is 24.3 Å². The summed E-state index contributed by atoms with van der Waals surface area (Å²) in [5, 5.41) is 3.59. The van der Waals surface area contributed by atoms with Crippen molar-refractivity contribution in [1.29, 1.82) is 0 Å². The van der Waals surface area contributed by atoms with Crippen LogP contribution in [0.4, 0.5) is 42.2 Å². The third-order valence-electron chi connectivity index (χ3n) is 2.94. The van der Waals surface area contributed by atoms with Crippen LogP contribution in [0.3, 0.4) is 0 Å². The van der Waals surface area contributed by atoms with E-state index < -0.39 is 56.1 Å². The summed E-state index contributed by atoms with van der Waals surface area (Å²) >= 11 is 0.0954. The monoisotopic (exact) mass is 495 g/mol. The van der Waals surface area contributed by atoms with Gasteiger partial charge in [0, 0.05) is 6.54 Å². The van der Waals surface area contributed by atoms with Crippen molar-refractivity contribution in [3.63, 3.8) is 0 Å². The molecule has 0 saturated heterocycles. The first-order valence-electron chi connectivity index (χ1n) is 7.70. The molecule has 172 valence electrons. The van der Waals surface area contributed by atoms with E-state index in [0.29, 0.717) is 0 Å². The Morgan fingerprint density at radius 2 is 1.71 bits per heavy atom. The summed E-state index contributed by atoms with van der Waals surface area (Å²) in [7, 11) is -4.22. The van der Waals surface area contributed by atoms with Gasteiger partial charge in [-0.1, -0.05) is 11.3 Å². The quantitative estimate of drug-likeness (QED) is 0.514. The first-order chi connectivity index (χ1) is 14.2. The highest BCUT2D eigenvalue weighted by Gasteiger charge is 2.42. The molecule has 0 bridgehead atoms. The molecule has 0 fully saturated rings. The molecule has 0 aliphatic rings. The molecule has 0 unspecified atom stereocenters. The Morgan fingerprint density at radius 3 is 2.23 bits per heavy atom. The lowest BCUT2D eigenvalue weighted by Crippen LogP contribution is -2.35. The minimum absolute atomic E-state index is 0.0954. The fraction of sp³-hybridized carbons (Fsp3) is 0.417. The average Bonchev–Trinajstić information content (AvgIpc) is 3.06. The number of amides is 2. The molecule has 0 atom stereocenters. The number of ether oxygens (including phenoxy) is 1. The maximum atomic E-state index is 13.1. The van der Waals surface area contributed by atoms with Crippen LogP contribution in [0.15, 0.2) is 4.21 Å². The van der Waals surface area contributed by atoms with Crippen LogP contribution in [0.25, 0.3) is 0 Å². The summed E-state index contributed by atoms with van der Waals surface area (Å²) in [5.41, 5.74) is -1.78. The number of hydrogen-bond acceptors (Lipinski definition) is 10. The summed E-state index contributed by atoms with van der Waals surface area (Å²) in [6.45, 7) is 1.65. The molecule has 0 aromatic carbocycles. The standard InChI is InChI=1S/C12H11F6N7O4S2/c1-3-19-10-20-4(11(13,14)15)5(30-10)31(27,28)25-8(26)23-7-21-6(12(16,17)18)22-9(24-7)29-2/h3H2,1-2H3,(H,19,20)(H2,21,22,23,24,25,26). The molecule has 2 heterocycles. The van der Waals surface area contributed by atoms with E-state index in [1.807, 2.05) is 0 Å². The Kier molecular flexibility index (Phi) is 6.78. The Hall–Kier alpha value is -2.96. The second-order valence-corrected chi connectivity index (χ2v) is 8.09. The first-order valence-corrected chi connectivity index (χ1v) is 10.00. The molecule has 2 rings (SSSR count). The van der Waals surface area contributed by atoms with Crippen LogP contribution in [-0.2, 0) is 22.4 Å². The van der Waals surface area contributed by atoms with Crippen molar-refractivity contribution in [2.45, 2.75) is 23.5 Å². The van der Waals surface area contributed by atoms with Gasteiger partial charge in [0.25, 0.3) is 10.0 Å². The third-order valence-corrected chi connectivity index (χ3v) is 5.79. The van der Waals surface area contributed by atoms with Crippen LogP contribution in [0, 0.1) is 0 Å². The maximum absolute atomic E-state index is 13.1. The number of carbonyl (C=O) groups is 1. The van der Waals surface area contributed by atoms with Crippen molar-refractivity contribution in [3.8, 4) is 6.01 Å². The zero-order chi connectivity index (χ0) is 23.6. The first kappa shape index (κ1) is 24.3. The van der Waals surface area contributed by atoms with Gasteiger partial charge in [-0.05, 0) is 6.92 Å². The van der Waals surface area contributed by atoms with Crippen LogP contribution in [0.1, 0.15) is 18.4 Å². The third kappa shape index (κ3) is 6.03. The van der Waals surface area contributed by atoms with E-state index in [-0.39, 0.29) is 23.0 Å². The number of urea groups is 1. The summed E-state index contributed by atoms with van der Waals surface area (Å²) in [5.74, 6) is -2.84. The number of methoxy groups -OCH3 is 1. The topological polar surface area (TPSA) is 148 Å². The van der Waals surface area contributed by atoms with Gasteiger partial charge in [0.1, 0.15) is 0 Å². The molecule has 0 aliphatic carbocycles. The van der Waals surface area contributed by atoms with Crippen molar-refractivity contribution in [1.82, 2.24) is 24.7 Å². The van der Waals surface area contributed by atoms with Crippen LogP contribution in [0.5, 0.6) is 6.01 Å². The summed E-state index contributed by atoms with van der Waals surface area (Å²) in [6, 6.07) is -2.61. The van der Waals surface area contributed by atoms with E-state index in [1.54, 1.807) is 5.32 Å². The molecule has 2 aromatic rings. The Labute approximate surface area is 173 Å². The van der Waals surface area contributed by atoms with Crippen molar-refractivity contribution in [2.24, 2.45) is 0 Å². The lowest BCUT2D eigenvalue weighted by Gasteiger charge is -2.11. The van der Waals surface area contributed by atoms with Crippen molar-refractivity contribution < 1.29 is 44.3 Å².